The summed E-state index contributed by atoms with van der Waals surface area (Å²) in [6, 6.07) is 15.4. The molecule has 0 radical (unpaired) electrons. The highest BCUT2D eigenvalue weighted by Crippen LogP contribution is 2.25. The van der Waals surface area contributed by atoms with Crippen LogP contribution in [0.4, 0.5) is 5.69 Å². The van der Waals surface area contributed by atoms with Gasteiger partial charge in [-0.25, -0.2) is 0 Å². The van der Waals surface area contributed by atoms with E-state index in [1.807, 2.05) is 48.5 Å². The molecule has 0 aromatic heterocycles. The Balaban J connectivity index is 1.55. The molecule has 168 valence electrons. The van der Waals surface area contributed by atoms with E-state index < -0.39 is 16.9 Å². The first-order valence-corrected chi connectivity index (χ1v) is 12.2. The molecule has 2 aromatic rings. The molecule has 6 heteroatoms. The van der Waals surface area contributed by atoms with Crippen molar-refractivity contribution in [3.05, 3.63) is 59.7 Å². The van der Waals surface area contributed by atoms with Gasteiger partial charge in [-0.1, -0.05) is 45.0 Å². The Morgan fingerprint density at radius 2 is 1.84 bits per heavy atom. The van der Waals surface area contributed by atoms with Gasteiger partial charge in [0.1, 0.15) is 5.75 Å². The molecular formula is C25H33NO4S. The number of nitrogens with one attached hydrogen (secondary N) is 1. The summed E-state index contributed by atoms with van der Waals surface area (Å²) < 4.78 is 23.8. The number of carbonyl (C=O) groups is 1. The lowest BCUT2D eigenvalue weighted by Gasteiger charge is -2.21. The van der Waals surface area contributed by atoms with Crippen LogP contribution in [0.5, 0.6) is 5.75 Å². The molecule has 1 saturated heterocycles. The fourth-order valence-corrected chi connectivity index (χ4v) is 4.96. The molecule has 0 spiro atoms. The predicted octanol–water partition coefficient (Wildman–Crippen LogP) is 4.82. The van der Waals surface area contributed by atoms with Gasteiger partial charge in [0, 0.05) is 40.7 Å². The summed E-state index contributed by atoms with van der Waals surface area (Å²) in [7, 11) is -0.940. The summed E-state index contributed by atoms with van der Waals surface area (Å²) in [5.41, 5.74) is 2.92. The maximum Gasteiger partial charge on any atom is 0.265 e. The number of ether oxygens (including phenoxy) is 2. The lowest BCUT2D eigenvalue weighted by molar-refractivity contribution is -0.122. The van der Waals surface area contributed by atoms with Gasteiger partial charge >= 0.3 is 0 Å². The number of hydrogen-bond donors (Lipinski definition) is 1. The van der Waals surface area contributed by atoms with E-state index in [9.17, 15) is 9.00 Å². The standard InChI is InChI=1S/C25H33NO4S/c1-18(30-22-10-8-20(9-11-22)25(2,3)4)24(27)26-21-7-5-6-19(16-21)17-31(28)23-12-14-29-15-13-23/h5-11,16,18,23H,12-15,17H2,1-4H3,(H,26,27). The van der Waals surface area contributed by atoms with Crippen molar-refractivity contribution in [2.75, 3.05) is 18.5 Å². The molecule has 1 aliphatic heterocycles. The second-order valence-corrected chi connectivity index (χ2v) is 10.8. The molecule has 2 atom stereocenters. The summed E-state index contributed by atoms with van der Waals surface area (Å²) in [5.74, 6) is 0.930. The monoisotopic (exact) mass is 443 g/mol. The van der Waals surface area contributed by atoms with Crippen LogP contribution in [-0.2, 0) is 31.5 Å². The molecule has 0 saturated carbocycles. The third-order valence-electron chi connectivity index (χ3n) is 5.45. The highest BCUT2D eigenvalue weighted by molar-refractivity contribution is 7.84. The van der Waals surface area contributed by atoms with Crippen LogP contribution in [0.1, 0.15) is 51.7 Å². The topological polar surface area (TPSA) is 64.6 Å². The number of benzene rings is 2. The van der Waals surface area contributed by atoms with E-state index in [1.165, 1.54) is 5.56 Å². The van der Waals surface area contributed by atoms with Gasteiger partial charge in [0.2, 0.25) is 0 Å². The number of rotatable bonds is 7. The van der Waals surface area contributed by atoms with Crippen LogP contribution in [0, 0.1) is 0 Å². The molecule has 5 nitrogen and oxygen atoms in total. The average Bonchev–Trinajstić information content (AvgIpc) is 2.74. The smallest absolute Gasteiger partial charge is 0.265 e. The second kappa shape index (κ2) is 10.4. The Hall–Kier alpha value is -2.18. The Labute approximate surface area is 188 Å². The minimum absolute atomic E-state index is 0.0704. The number of amides is 1. The molecule has 0 aliphatic carbocycles. The fourth-order valence-electron chi connectivity index (χ4n) is 3.49. The molecule has 2 unspecified atom stereocenters. The fraction of sp³-hybridized carbons (Fsp3) is 0.480. The van der Waals surface area contributed by atoms with E-state index in [4.69, 9.17) is 9.47 Å². The molecule has 1 amide bonds. The molecule has 31 heavy (non-hydrogen) atoms. The number of carbonyl (C=O) groups excluding carboxylic acids is 1. The Bertz CT molecular complexity index is 898. The van der Waals surface area contributed by atoms with Crippen molar-refractivity contribution >= 4 is 22.4 Å². The van der Waals surface area contributed by atoms with Gasteiger partial charge in [-0.05, 0) is 60.6 Å². The highest BCUT2D eigenvalue weighted by Gasteiger charge is 2.21. The van der Waals surface area contributed by atoms with E-state index in [0.29, 0.717) is 30.4 Å². The van der Waals surface area contributed by atoms with Crippen molar-refractivity contribution in [3.63, 3.8) is 0 Å². The van der Waals surface area contributed by atoms with Crippen molar-refractivity contribution < 1.29 is 18.5 Å². The first kappa shape index (κ1) is 23.5. The van der Waals surface area contributed by atoms with Gasteiger partial charge in [-0.3, -0.25) is 9.00 Å². The number of anilines is 1. The normalized spacial score (nSPS) is 17.0. The van der Waals surface area contributed by atoms with E-state index in [-0.39, 0.29) is 16.6 Å². The van der Waals surface area contributed by atoms with Crippen molar-refractivity contribution in [1.82, 2.24) is 0 Å². The minimum atomic E-state index is -0.940. The maximum atomic E-state index is 12.6. The molecular weight excluding hydrogens is 410 g/mol. The molecule has 3 rings (SSSR count). The van der Waals surface area contributed by atoms with Crippen molar-refractivity contribution in [1.29, 1.82) is 0 Å². The van der Waals surface area contributed by atoms with Crippen LogP contribution in [0.15, 0.2) is 48.5 Å². The average molecular weight is 444 g/mol. The maximum absolute atomic E-state index is 12.6. The summed E-state index contributed by atoms with van der Waals surface area (Å²) in [6.07, 6.45) is 1.05. The molecule has 0 bridgehead atoms. The SMILES string of the molecule is CC(Oc1ccc(C(C)(C)C)cc1)C(=O)Nc1cccc(CS(=O)C2CCOCC2)c1. The summed E-state index contributed by atoms with van der Waals surface area (Å²) in [5, 5.41) is 3.09. The van der Waals surface area contributed by atoms with Gasteiger partial charge in [0.25, 0.3) is 5.91 Å². The van der Waals surface area contributed by atoms with Crippen LogP contribution >= 0.6 is 0 Å². The third kappa shape index (κ3) is 6.91. The minimum Gasteiger partial charge on any atom is -0.481 e. The zero-order valence-corrected chi connectivity index (χ0v) is 19.7. The Morgan fingerprint density at radius 1 is 1.16 bits per heavy atom. The van der Waals surface area contributed by atoms with Crippen LogP contribution < -0.4 is 10.1 Å². The summed E-state index contributed by atoms with van der Waals surface area (Å²) in [4.78, 5) is 12.6. The van der Waals surface area contributed by atoms with Gasteiger partial charge in [-0.2, -0.15) is 0 Å². The summed E-state index contributed by atoms with van der Waals surface area (Å²) >= 11 is 0. The third-order valence-corrected chi connectivity index (χ3v) is 7.28. The van der Waals surface area contributed by atoms with E-state index in [2.05, 4.69) is 26.1 Å². The summed E-state index contributed by atoms with van der Waals surface area (Å²) in [6.45, 7) is 9.58. The van der Waals surface area contributed by atoms with E-state index in [1.54, 1.807) is 6.92 Å². The first-order valence-electron chi connectivity index (χ1n) is 10.8. The molecule has 1 aliphatic rings. The first-order chi connectivity index (χ1) is 14.7. The Kier molecular flexibility index (Phi) is 7.89. The van der Waals surface area contributed by atoms with E-state index >= 15 is 0 Å². The van der Waals surface area contributed by atoms with Crippen LogP contribution in [0.2, 0.25) is 0 Å². The quantitative estimate of drug-likeness (QED) is 0.666. The lowest BCUT2D eigenvalue weighted by atomic mass is 9.87. The molecule has 1 heterocycles. The van der Waals surface area contributed by atoms with Crippen LogP contribution in [0.25, 0.3) is 0 Å². The zero-order valence-electron chi connectivity index (χ0n) is 18.9. The van der Waals surface area contributed by atoms with Gasteiger partial charge in [-0.15, -0.1) is 0 Å². The molecule has 1 fully saturated rings. The van der Waals surface area contributed by atoms with Crippen molar-refractivity contribution in [2.45, 2.75) is 63.1 Å². The molecule has 2 aromatic carbocycles. The van der Waals surface area contributed by atoms with Gasteiger partial charge < -0.3 is 14.8 Å². The predicted molar refractivity (Wildman–Crippen MR) is 126 cm³/mol. The van der Waals surface area contributed by atoms with Gasteiger partial charge in [0.15, 0.2) is 6.10 Å². The Morgan fingerprint density at radius 3 is 2.48 bits per heavy atom. The molecule has 1 N–H and O–H groups in total. The largest absolute Gasteiger partial charge is 0.481 e. The zero-order chi connectivity index (χ0) is 22.4. The van der Waals surface area contributed by atoms with Crippen LogP contribution in [0.3, 0.4) is 0 Å². The van der Waals surface area contributed by atoms with Crippen molar-refractivity contribution in [3.8, 4) is 5.75 Å². The highest BCUT2D eigenvalue weighted by atomic mass is 32.2. The van der Waals surface area contributed by atoms with Gasteiger partial charge in [0.05, 0.1) is 0 Å². The second-order valence-electron chi connectivity index (χ2n) is 9.06. The van der Waals surface area contributed by atoms with E-state index in [0.717, 1.165) is 18.4 Å². The van der Waals surface area contributed by atoms with Crippen LogP contribution in [-0.4, -0.2) is 34.7 Å². The van der Waals surface area contributed by atoms with Crippen molar-refractivity contribution in [2.24, 2.45) is 0 Å². The lowest BCUT2D eigenvalue weighted by Crippen LogP contribution is -2.30. The number of hydrogen-bond acceptors (Lipinski definition) is 4.